The Morgan fingerprint density at radius 1 is 0.977 bits per heavy atom. The van der Waals surface area contributed by atoms with Crippen molar-refractivity contribution in [2.24, 2.45) is 5.41 Å². The highest BCUT2D eigenvalue weighted by atomic mass is 35.5. The summed E-state index contributed by atoms with van der Waals surface area (Å²) in [6.07, 6.45) is 2.29. The van der Waals surface area contributed by atoms with Crippen molar-refractivity contribution in [1.82, 2.24) is 20.9 Å². The number of nitrogens with zero attached hydrogens (tertiary/aromatic N) is 2. The van der Waals surface area contributed by atoms with Crippen molar-refractivity contribution in [3.05, 3.63) is 88.0 Å². The van der Waals surface area contributed by atoms with Gasteiger partial charge in [0.15, 0.2) is 0 Å². The van der Waals surface area contributed by atoms with Crippen LogP contribution in [0.25, 0.3) is 10.8 Å². The lowest BCUT2D eigenvalue weighted by atomic mass is 9.94. The molecule has 0 spiro atoms. The summed E-state index contributed by atoms with van der Waals surface area (Å²) >= 11 is 0. The molecule has 44 heavy (non-hydrogen) atoms. The number of carbonyl (C=O) groups is 3. The lowest BCUT2D eigenvalue weighted by Gasteiger charge is -2.31. The second-order valence-corrected chi connectivity index (χ2v) is 12.1. The number of non-ortho nitro benzene ring substituents is 1. The van der Waals surface area contributed by atoms with E-state index in [9.17, 15) is 24.5 Å². The summed E-state index contributed by atoms with van der Waals surface area (Å²) in [5, 5.41) is 22.2. The quantitative estimate of drug-likeness (QED) is 0.154. The zero-order valence-electron chi connectivity index (χ0n) is 25.5. The van der Waals surface area contributed by atoms with Gasteiger partial charge in [-0.15, -0.1) is 12.4 Å². The highest BCUT2D eigenvalue weighted by molar-refractivity contribution is 5.93. The summed E-state index contributed by atoms with van der Waals surface area (Å²) in [5.74, 6) is -0.647. The van der Waals surface area contributed by atoms with Crippen LogP contribution >= 0.6 is 12.4 Å². The summed E-state index contributed by atoms with van der Waals surface area (Å²) in [5.41, 5.74) is 1.31. The largest absolute Gasteiger partial charge is 0.354 e. The minimum Gasteiger partial charge on any atom is -0.354 e. The van der Waals surface area contributed by atoms with Crippen molar-refractivity contribution in [3.63, 3.8) is 0 Å². The number of carbonyl (C=O) groups excluding carboxylic acids is 3. The zero-order chi connectivity index (χ0) is 31.0. The average Bonchev–Trinajstić information content (AvgIpc) is 3.48. The molecule has 3 aromatic rings. The van der Waals surface area contributed by atoms with Crippen LogP contribution in [0.5, 0.6) is 0 Å². The fraction of sp³-hybridized carbons (Fsp3) is 0.424. The summed E-state index contributed by atoms with van der Waals surface area (Å²) in [4.78, 5) is 51.9. The maximum absolute atomic E-state index is 13.5. The SMILES string of the molecule is CC(C)(C)C(=O)N1CCC[C@H]1C(=O)N[C@H](Cc1ccc2ccccc2c1)C(=O)NCCCNCc1ccc([N+](=O)[O-])cc1.Cl. The van der Waals surface area contributed by atoms with E-state index < -0.39 is 22.4 Å². The van der Waals surface area contributed by atoms with Crippen molar-refractivity contribution in [2.75, 3.05) is 19.6 Å². The monoisotopic (exact) mass is 623 g/mol. The summed E-state index contributed by atoms with van der Waals surface area (Å²) in [7, 11) is 0. The third kappa shape index (κ3) is 9.24. The first-order valence-electron chi connectivity index (χ1n) is 14.8. The van der Waals surface area contributed by atoms with Gasteiger partial charge in [-0.25, -0.2) is 0 Å². The Bertz CT molecular complexity index is 1460. The first-order valence-corrected chi connectivity index (χ1v) is 14.8. The summed E-state index contributed by atoms with van der Waals surface area (Å²) < 4.78 is 0. The van der Waals surface area contributed by atoms with Gasteiger partial charge >= 0.3 is 0 Å². The van der Waals surface area contributed by atoms with Crippen LogP contribution in [-0.4, -0.2) is 59.3 Å². The molecule has 1 aliphatic heterocycles. The molecule has 236 valence electrons. The number of fused-ring (bicyclic) bond motifs is 1. The maximum Gasteiger partial charge on any atom is 0.269 e. The van der Waals surface area contributed by atoms with Gasteiger partial charge in [0.2, 0.25) is 17.7 Å². The molecule has 10 nitrogen and oxygen atoms in total. The van der Waals surface area contributed by atoms with Gasteiger partial charge in [0, 0.05) is 43.6 Å². The lowest BCUT2D eigenvalue weighted by Crippen LogP contribution is -2.55. The number of halogens is 1. The molecule has 2 atom stereocenters. The number of amides is 3. The molecule has 1 saturated heterocycles. The molecule has 3 amide bonds. The van der Waals surface area contributed by atoms with E-state index in [1.807, 2.05) is 63.2 Å². The third-order valence-corrected chi connectivity index (χ3v) is 7.65. The van der Waals surface area contributed by atoms with Crippen LogP contribution in [-0.2, 0) is 27.3 Å². The highest BCUT2D eigenvalue weighted by Gasteiger charge is 2.39. The highest BCUT2D eigenvalue weighted by Crippen LogP contribution is 2.26. The molecule has 0 bridgehead atoms. The van der Waals surface area contributed by atoms with Crippen LogP contribution in [0.2, 0.25) is 0 Å². The predicted octanol–water partition coefficient (Wildman–Crippen LogP) is 4.53. The van der Waals surface area contributed by atoms with Gasteiger partial charge in [0.25, 0.3) is 5.69 Å². The molecule has 3 aromatic carbocycles. The van der Waals surface area contributed by atoms with E-state index in [0.717, 1.165) is 28.3 Å². The normalized spacial score (nSPS) is 15.3. The number of nitro benzene ring substituents is 1. The average molecular weight is 624 g/mol. The number of likely N-dealkylation sites (tertiary alicyclic amines) is 1. The minimum absolute atomic E-state index is 0. The van der Waals surface area contributed by atoms with E-state index >= 15 is 0 Å². The fourth-order valence-corrected chi connectivity index (χ4v) is 5.31. The molecule has 3 N–H and O–H groups in total. The van der Waals surface area contributed by atoms with Gasteiger partial charge in [-0.3, -0.25) is 24.5 Å². The first kappa shape index (κ1) is 34.5. The molecule has 1 aliphatic rings. The fourth-order valence-electron chi connectivity index (χ4n) is 5.31. The zero-order valence-corrected chi connectivity index (χ0v) is 26.3. The van der Waals surface area contributed by atoms with E-state index in [1.165, 1.54) is 12.1 Å². The van der Waals surface area contributed by atoms with Gasteiger partial charge in [-0.05, 0) is 47.7 Å². The van der Waals surface area contributed by atoms with Crippen LogP contribution in [0, 0.1) is 15.5 Å². The van der Waals surface area contributed by atoms with E-state index in [-0.39, 0.29) is 35.8 Å². The smallest absolute Gasteiger partial charge is 0.269 e. The molecule has 4 rings (SSSR count). The molecule has 0 radical (unpaired) electrons. The van der Waals surface area contributed by atoms with Crippen molar-refractivity contribution < 1.29 is 19.3 Å². The van der Waals surface area contributed by atoms with Crippen LogP contribution in [0.4, 0.5) is 5.69 Å². The Labute approximate surface area is 264 Å². The second-order valence-electron chi connectivity index (χ2n) is 12.1. The molecule has 0 unspecified atom stereocenters. The van der Waals surface area contributed by atoms with Crippen LogP contribution in [0.15, 0.2) is 66.7 Å². The lowest BCUT2D eigenvalue weighted by molar-refractivity contribution is -0.384. The predicted molar refractivity (Wildman–Crippen MR) is 173 cm³/mol. The molecular formula is C33H42ClN5O5. The van der Waals surface area contributed by atoms with Crippen molar-refractivity contribution in [3.8, 4) is 0 Å². The molecule has 0 saturated carbocycles. The van der Waals surface area contributed by atoms with Crippen LogP contribution in [0.3, 0.4) is 0 Å². The van der Waals surface area contributed by atoms with Gasteiger partial charge in [-0.1, -0.05) is 75.4 Å². The Hall–Kier alpha value is -4.02. The van der Waals surface area contributed by atoms with Crippen LogP contribution < -0.4 is 16.0 Å². The maximum atomic E-state index is 13.5. The van der Waals surface area contributed by atoms with E-state index in [2.05, 4.69) is 16.0 Å². The van der Waals surface area contributed by atoms with Crippen molar-refractivity contribution in [1.29, 1.82) is 0 Å². The van der Waals surface area contributed by atoms with E-state index in [1.54, 1.807) is 17.0 Å². The summed E-state index contributed by atoms with van der Waals surface area (Å²) in [6, 6.07) is 19.0. The molecule has 11 heteroatoms. The standard InChI is InChI=1S/C33H41N5O5.ClH/c1-33(2,3)32(41)37-19-6-10-29(37)31(40)36-28(21-24-11-14-25-8-4-5-9-26(25)20-24)30(39)35-18-7-17-34-22-23-12-15-27(16-13-23)38(42)43;/h4-5,8-9,11-16,20,28-29,34H,6-7,10,17-19,21-22H2,1-3H3,(H,35,39)(H,36,40);1H/t28-,29+;/m1./s1. The van der Waals surface area contributed by atoms with Gasteiger partial charge in [0.05, 0.1) is 4.92 Å². The Balaban J connectivity index is 0.00000529. The number of hydrogen-bond donors (Lipinski definition) is 3. The van der Waals surface area contributed by atoms with Gasteiger partial charge in [-0.2, -0.15) is 0 Å². The Morgan fingerprint density at radius 3 is 2.34 bits per heavy atom. The van der Waals surface area contributed by atoms with E-state index in [0.29, 0.717) is 45.4 Å². The van der Waals surface area contributed by atoms with E-state index in [4.69, 9.17) is 0 Å². The topological polar surface area (TPSA) is 134 Å². The van der Waals surface area contributed by atoms with Crippen molar-refractivity contribution in [2.45, 2.75) is 65.1 Å². The number of nitro groups is 1. The number of nitrogens with one attached hydrogen (secondary N) is 3. The molecule has 0 aliphatic carbocycles. The number of hydrogen-bond acceptors (Lipinski definition) is 6. The molecule has 1 fully saturated rings. The number of rotatable bonds is 12. The molecular weight excluding hydrogens is 582 g/mol. The Kier molecular flexibility index (Phi) is 12.2. The third-order valence-electron chi connectivity index (χ3n) is 7.65. The molecule has 1 heterocycles. The van der Waals surface area contributed by atoms with Gasteiger partial charge in [0.1, 0.15) is 12.1 Å². The minimum atomic E-state index is -0.797. The first-order chi connectivity index (χ1) is 20.5. The van der Waals surface area contributed by atoms with Crippen LogP contribution in [0.1, 0.15) is 51.2 Å². The Morgan fingerprint density at radius 2 is 1.66 bits per heavy atom. The second kappa shape index (κ2) is 15.6. The van der Waals surface area contributed by atoms with Crippen molar-refractivity contribution >= 4 is 46.6 Å². The number of benzene rings is 3. The summed E-state index contributed by atoms with van der Waals surface area (Å²) in [6.45, 7) is 7.66. The molecule has 0 aromatic heterocycles. The van der Waals surface area contributed by atoms with Gasteiger partial charge < -0.3 is 20.9 Å².